The van der Waals surface area contributed by atoms with E-state index in [4.69, 9.17) is 16.0 Å². The molecule has 1 atom stereocenters. The lowest BCUT2D eigenvalue weighted by atomic mass is 10.0. The van der Waals surface area contributed by atoms with Gasteiger partial charge in [0.15, 0.2) is 18.3 Å². The number of furan rings is 1. The number of hydrogen-bond acceptors (Lipinski definition) is 2. The minimum Gasteiger partial charge on any atom is -0.463 e. The third-order valence-electron chi connectivity index (χ3n) is 4.17. The maximum atomic E-state index is 12.2. The van der Waals surface area contributed by atoms with Gasteiger partial charge in [-0.2, -0.15) is 0 Å². The molecule has 3 N–H and O–H groups in total. The summed E-state index contributed by atoms with van der Waals surface area (Å²) in [6.07, 6.45) is 2.41. The van der Waals surface area contributed by atoms with E-state index in [9.17, 15) is 4.79 Å². The third-order valence-corrected chi connectivity index (χ3v) is 4.41. The van der Waals surface area contributed by atoms with Crippen molar-refractivity contribution in [3.8, 4) is 0 Å². The van der Waals surface area contributed by atoms with Crippen LogP contribution in [0.15, 0.2) is 77.4 Å². The molecular weight excluding hydrogens is 348 g/mol. The summed E-state index contributed by atoms with van der Waals surface area (Å²) in [4.78, 5) is 12.2. The fourth-order valence-electron chi connectivity index (χ4n) is 2.88. The van der Waals surface area contributed by atoms with E-state index in [1.165, 1.54) is 0 Å². The first-order valence-corrected chi connectivity index (χ1v) is 9.03. The Morgan fingerprint density at radius 1 is 1.08 bits per heavy atom. The second-order valence-electron chi connectivity index (χ2n) is 6.07. The number of carbonyl (C=O) groups excluding carboxylic acids is 1. The van der Waals surface area contributed by atoms with Crippen molar-refractivity contribution in [3.63, 3.8) is 0 Å². The van der Waals surface area contributed by atoms with Gasteiger partial charge in [-0.15, -0.1) is 0 Å². The lowest BCUT2D eigenvalue weighted by Crippen LogP contribution is -2.87. The van der Waals surface area contributed by atoms with E-state index in [-0.39, 0.29) is 11.9 Å². The molecular formula is C21H22ClN2O2+. The molecule has 5 heteroatoms. The van der Waals surface area contributed by atoms with E-state index in [1.807, 2.05) is 72.0 Å². The molecule has 3 rings (SSSR count). The zero-order valence-electron chi connectivity index (χ0n) is 14.4. The fourth-order valence-corrected chi connectivity index (χ4v) is 3.09. The number of nitrogens with two attached hydrogens (primary N) is 1. The van der Waals surface area contributed by atoms with Crippen molar-refractivity contribution < 1.29 is 14.5 Å². The van der Waals surface area contributed by atoms with Crippen LogP contribution in [0.3, 0.4) is 0 Å². The minimum absolute atomic E-state index is 0.000449. The Balaban J connectivity index is 1.51. The van der Waals surface area contributed by atoms with Gasteiger partial charge in [0.05, 0.1) is 6.26 Å². The summed E-state index contributed by atoms with van der Waals surface area (Å²) in [6.45, 7) is 0.916. The smallest absolute Gasteiger partial charge is 0.275 e. The summed E-state index contributed by atoms with van der Waals surface area (Å²) < 4.78 is 5.56. The number of halogens is 1. The van der Waals surface area contributed by atoms with Gasteiger partial charge in [0.25, 0.3) is 5.91 Å². The van der Waals surface area contributed by atoms with Crippen molar-refractivity contribution in [2.45, 2.75) is 12.5 Å². The minimum atomic E-state index is -0.0371. The Labute approximate surface area is 158 Å². The van der Waals surface area contributed by atoms with Crippen LogP contribution in [0, 0.1) is 0 Å². The highest BCUT2D eigenvalue weighted by atomic mass is 35.5. The van der Waals surface area contributed by atoms with Crippen LogP contribution in [0.2, 0.25) is 5.02 Å². The van der Waals surface area contributed by atoms with E-state index >= 15 is 0 Å². The SMILES string of the molecule is O=C(C[NH2+][C@@H](c1ccccc1)c1ccco1)NCCc1cccc(Cl)c1. The molecule has 1 aromatic heterocycles. The monoisotopic (exact) mass is 369 g/mol. The van der Waals surface area contributed by atoms with E-state index < -0.39 is 0 Å². The molecule has 26 heavy (non-hydrogen) atoms. The van der Waals surface area contributed by atoms with Gasteiger partial charge in [-0.25, -0.2) is 0 Å². The molecule has 1 heterocycles. The van der Waals surface area contributed by atoms with Crippen molar-refractivity contribution in [1.29, 1.82) is 0 Å². The van der Waals surface area contributed by atoms with E-state index in [2.05, 4.69) is 5.32 Å². The number of hydrogen-bond donors (Lipinski definition) is 2. The summed E-state index contributed by atoms with van der Waals surface area (Å²) >= 11 is 5.98. The molecule has 3 aromatic rings. The molecule has 0 saturated carbocycles. The molecule has 1 amide bonds. The van der Waals surface area contributed by atoms with Crippen molar-refractivity contribution >= 4 is 17.5 Å². The Morgan fingerprint density at radius 3 is 2.65 bits per heavy atom. The molecule has 0 unspecified atom stereocenters. The van der Waals surface area contributed by atoms with Crippen LogP contribution in [0.4, 0.5) is 0 Å². The Bertz CT molecular complexity index is 819. The summed E-state index contributed by atoms with van der Waals surface area (Å²) in [5, 5.41) is 5.66. The molecule has 0 fully saturated rings. The predicted octanol–water partition coefficient (Wildman–Crippen LogP) is 2.94. The zero-order chi connectivity index (χ0) is 18.2. The molecule has 0 aliphatic carbocycles. The molecule has 0 saturated heterocycles. The fraction of sp³-hybridized carbons (Fsp3) is 0.190. The lowest BCUT2D eigenvalue weighted by molar-refractivity contribution is -0.678. The van der Waals surface area contributed by atoms with E-state index in [0.717, 1.165) is 23.3 Å². The topological polar surface area (TPSA) is 58.9 Å². The zero-order valence-corrected chi connectivity index (χ0v) is 15.2. The number of amides is 1. The number of benzene rings is 2. The van der Waals surface area contributed by atoms with E-state index in [0.29, 0.717) is 18.1 Å². The van der Waals surface area contributed by atoms with Crippen LogP contribution in [-0.4, -0.2) is 19.0 Å². The lowest BCUT2D eigenvalue weighted by Gasteiger charge is -2.14. The maximum absolute atomic E-state index is 12.2. The summed E-state index contributed by atoms with van der Waals surface area (Å²) in [7, 11) is 0. The second-order valence-corrected chi connectivity index (χ2v) is 6.51. The molecule has 4 nitrogen and oxygen atoms in total. The second kappa shape index (κ2) is 9.22. The van der Waals surface area contributed by atoms with Crippen LogP contribution in [0.25, 0.3) is 0 Å². The number of nitrogens with one attached hydrogen (secondary N) is 1. The molecule has 0 bridgehead atoms. The third kappa shape index (κ3) is 5.22. The van der Waals surface area contributed by atoms with Gasteiger partial charge in [-0.3, -0.25) is 4.79 Å². The first-order chi connectivity index (χ1) is 12.7. The molecule has 2 aromatic carbocycles. The first kappa shape index (κ1) is 18.2. The highest BCUT2D eigenvalue weighted by molar-refractivity contribution is 6.30. The Morgan fingerprint density at radius 2 is 1.92 bits per heavy atom. The molecule has 0 radical (unpaired) electrons. The van der Waals surface area contributed by atoms with Gasteiger partial charge in [0.1, 0.15) is 0 Å². The van der Waals surface area contributed by atoms with Gasteiger partial charge in [-0.1, -0.05) is 54.1 Å². The van der Waals surface area contributed by atoms with Crippen LogP contribution >= 0.6 is 11.6 Å². The van der Waals surface area contributed by atoms with Gasteiger partial charge in [0.2, 0.25) is 0 Å². The Kier molecular flexibility index (Phi) is 6.47. The summed E-state index contributed by atoms with van der Waals surface area (Å²) in [5.74, 6) is 0.836. The highest BCUT2D eigenvalue weighted by Crippen LogP contribution is 2.18. The quantitative estimate of drug-likeness (QED) is 0.641. The standard InChI is InChI=1S/C21H21ClN2O2/c22-18-9-4-6-16(14-18)11-12-23-20(25)15-24-21(19-10-5-13-26-19)17-7-2-1-3-8-17/h1-10,13-14,21,24H,11-12,15H2,(H,23,25)/p+1/t21-/m0/s1. The van der Waals surface area contributed by atoms with Crippen LogP contribution in [-0.2, 0) is 11.2 Å². The average Bonchev–Trinajstić information content (AvgIpc) is 3.17. The van der Waals surface area contributed by atoms with Gasteiger partial charge in [-0.05, 0) is 36.2 Å². The van der Waals surface area contributed by atoms with Crippen LogP contribution in [0.5, 0.6) is 0 Å². The normalized spacial score (nSPS) is 11.9. The van der Waals surface area contributed by atoms with Crippen molar-refractivity contribution in [1.82, 2.24) is 5.32 Å². The molecule has 0 spiro atoms. The number of carbonyl (C=O) groups is 1. The predicted molar refractivity (Wildman–Crippen MR) is 102 cm³/mol. The van der Waals surface area contributed by atoms with Crippen molar-refractivity contribution in [3.05, 3.63) is 94.9 Å². The average molecular weight is 370 g/mol. The molecule has 0 aliphatic rings. The first-order valence-electron chi connectivity index (χ1n) is 8.65. The number of quaternary nitrogens is 1. The highest BCUT2D eigenvalue weighted by Gasteiger charge is 2.21. The van der Waals surface area contributed by atoms with Crippen LogP contribution < -0.4 is 10.6 Å². The van der Waals surface area contributed by atoms with Gasteiger partial charge in [0, 0.05) is 17.1 Å². The van der Waals surface area contributed by atoms with Crippen molar-refractivity contribution in [2.75, 3.05) is 13.1 Å². The Hall–Kier alpha value is -2.56. The molecule has 0 aliphatic heterocycles. The molecule has 134 valence electrons. The largest absolute Gasteiger partial charge is 0.463 e. The maximum Gasteiger partial charge on any atom is 0.275 e. The van der Waals surface area contributed by atoms with Crippen molar-refractivity contribution in [2.24, 2.45) is 0 Å². The van der Waals surface area contributed by atoms with E-state index in [1.54, 1.807) is 6.26 Å². The van der Waals surface area contributed by atoms with Gasteiger partial charge >= 0.3 is 0 Å². The van der Waals surface area contributed by atoms with Crippen LogP contribution in [0.1, 0.15) is 22.9 Å². The number of rotatable bonds is 8. The van der Waals surface area contributed by atoms with Gasteiger partial charge < -0.3 is 15.1 Å². The summed E-state index contributed by atoms with van der Waals surface area (Å²) in [6, 6.07) is 21.5. The summed E-state index contributed by atoms with van der Waals surface area (Å²) in [5.41, 5.74) is 2.22.